The van der Waals surface area contributed by atoms with Crippen molar-refractivity contribution >= 4 is 11.7 Å². The predicted octanol–water partition coefficient (Wildman–Crippen LogP) is 3.10. The first kappa shape index (κ1) is 17.3. The van der Waals surface area contributed by atoms with Crippen LogP contribution in [0.15, 0.2) is 12.1 Å². The van der Waals surface area contributed by atoms with Crippen LogP contribution in [0.25, 0.3) is 0 Å². The molecule has 1 aromatic heterocycles. The van der Waals surface area contributed by atoms with Gasteiger partial charge in [-0.05, 0) is 12.1 Å². The smallest absolute Gasteiger partial charge is 0.373 e. The van der Waals surface area contributed by atoms with E-state index in [1.165, 1.54) is 6.07 Å². The highest BCUT2D eigenvalue weighted by Crippen LogP contribution is 2.23. The predicted molar refractivity (Wildman–Crippen MR) is 75.5 cm³/mol. The lowest BCUT2D eigenvalue weighted by atomic mass is 9.90. The highest BCUT2D eigenvalue weighted by atomic mass is 19.4. The zero-order valence-electron chi connectivity index (χ0n) is 12.6. The second-order valence-electron chi connectivity index (χ2n) is 5.75. The lowest BCUT2D eigenvalue weighted by Crippen LogP contribution is -2.28. The van der Waals surface area contributed by atoms with E-state index < -0.39 is 25.0 Å². The summed E-state index contributed by atoms with van der Waals surface area (Å²) in [5.41, 5.74) is 0.713. The van der Waals surface area contributed by atoms with Crippen LogP contribution in [0.5, 0.6) is 0 Å². The second kappa shape index (κ2) is 6.32. The van der Waals surface area contributed by atoms with E-state index in [1.807, 2.05) is 20.8 Å². The highest BCUT2D eigenvalue weighted by molar-refractivity contribution is 5.95. The van der Waals surface area contributed by atoms with Gasteiger partial charge in [0.2, 0.25) is 0 Å². The van der Waals surface area contributed by atoms with Crippen LogP contribution in [0.2, 0.25) is 0 Å². The Labute approximate surface area is 122 Å². The van der Waals surface area contributed by atoms with E-state index in [0.29, 0.717) is 17.1 Å². The van der Waals surface area contributed by atoms with E-state index in [0.717, 1.165) is 0 Å². The van der Waals surface area contributed by atoms with Gasteiger partial charge in [-0.2, -0.15) is 13.2 Å². The first-order chi connectivity index (χ1) is 9.53. The molecule has 0 atom stereocenters. The fourth-order valence-corrected chi connectivity index (χ4v) is 1.59. The molecule has 2 N–H and O–H groups in total. The molecule has 0 aliphatic carbocycles. The van der Waals surface area contributed by atoms with Crippen LogP contribution in [0.1, 0.15) is 43.2 Å². The summed E-state index contributed by atoms with van der Waals surface area (Å²) in [6.07, 6.45) is -5.33. The molecule has 7 heteroatoms. The number of pyridine rings is 1. The summed E-state index contributed by atoms with van der Waals surface area (Å²) in [6, 6.07) is 3.11. The molecule has 0 saturated heterocycles. The zero-order valence-corrected chi connectivity index (χ0v) is 12.6. The van der Waals surface area contributed by atoms with Crippen molar-refractivity contribution in [3.63, 3.8) is 0 Å². The Kier molecular flexibility index (Phi) is 5.20. The van der Waals surface area contributed by atoms with Crippen LogP contribution in [-0.2, 0) is 5.41 Å². The molecule has 0 saturated carbocycles. The van der Waals surface area contributed by atoms with Crippen molar-refractivity contribution in [1.29, 1.82) is 0 Å². The van der Waals surface area contributed by atoms with Crippen molar-refractivity contribution in [2.24, 2.45) is 0 Å². The molecule has 21 heavy (non-hydrogen) atoms. The molecule has 0 bridgehead atoms. The van der Waals surface area contributed by atoms with Crippen LogP contribution in [0, 0.1) is 0 Å². The minimum Gasteiger partial charge on any atom is -0.373 e. The van der Waals surface area contributed by atoms with Gasteiger partial charge in [-0.1, -0.05) is 20.8 Å². The van der Waals surface area contributed by atoms with E-state index in [4.69, 9.17) is 0 Å². The van der Waals surface area contributed by atoms with Gasteiger partial charge in [-0.15, -0.1) is 0 Å². The second-order valence-corrected chi connectivity index (χ2v) is 5.75. The van der Waals surface area contributed by atoms with Gasteiger partial charge in [0.15, 0.2) is 0 Å². The number of hydrogen-bond acceptors (Lipinski definition) is 3. The summed E-state index contributed by atoms with van der Waals surface area (Å²) < 4.78 is 36.2. The van der Waals surface area contributed by atoms with Crippen LogP contribution in [0.3, 0.4) is 0 Å². The van der Waals surface area contributed by atoms with Gasteiger partial charge in [-0.25, -0.2) is 4.98 Å². The molecule has 0 unspecified atom stereocenters. The Morgan fingerprint density at radius 1 is 1.24 bits per heavy atom. The van der Waals surface area contributed by atoms with Crippen molar-refractivity contribution in [3.05, 3.63) is 23.4 Å². The molecule has 1 heterocycles. The summed E-state index contributed by atoms with van der Waals surface area (Å²) in [7, 11) is 1.67. The van der Waals surface area contributed by atoms with E-state index in [-0.39, 0.29) is 5.41 Å². The highest BCUT2D eigenvalue weighted by Gasteiger charge is 2.27. The number of nitrogens with one attached hydrogen (secondary N) is 2. The normalized spacial score (nSPS) is 12.1. The third kappa shape index (κ3) is 5.61. The SMILES string of the molecule is CNc1cc(C(=O)NCCC(F)(F)F)cc(C(C)(C)C)n1. The first-order valence-electron chi connectivity index (χ1n) is 6.58. The molecular formula is C14H20F3N3O. The fourth-order valence-electron chi connectivity index (χ4n) is 1.59. The fraction of sp³-hybridized carbons (Fsp3) is 0.571. The number of aromatic nitrogens is 1. The molecule has 4 nitrogen and oxygen atoms in total. The molecular weight excluding hydrogens is 283 g/mol. The van der Waals surface area contributed by atoms with Gasteiger partial charge >= 0.3 is 6.18 Å². The maximum Gasteiger partial charge on any atom is 0.390 e. The van der Waals surface area contributed by atoms with Gasteiger partial charge in [0.25, 0.3) is 5.91 Å². The Morgan fingerprint density at radius 3 is 2.33 bits per heavy atom. The zero-order chi connectivity index (χ0) is 16.3. The quantitative estimate of drug-likeness (QED) is 0.898. The van der Waals surface area contributed by atoms with E-state index in [1.54, 1.807) is 13.1 Å². The summed E-state index contributed by atoms with van der Waals surface area (Å²) >= 11 is 0. The Bertz CT molecular complexity index is 507. The minimum absolute atomic E-state index is 0.270. The third-order valence-corrected chi connectivity index (χ3v) is 2.81. The molecule has 0 aromatic carbocycles. The number of halogens is 3. The van der Waals surface area contributed by atoms with E-state index in [9.17, 15) is 18.0 Å². The summed E-state index contributed by atoms with van der Waals surface area (Å²) in [5.74, 6) is -0.0351. The molecule has 118 valence electrons. The molecule has 0 aliphatic heterocycles. The average Bonchev–Trinajstić information content (AvgIpc) is 2.35. The largest absolute Gasteiger partial charge is 0.390 e. The van der Waals surface area contributed by atoms with Crippen molar-refractivity contribution in [2.45, 2.75) is 38.8 Å². The molecule has 0 spiro atoms. The lowest BCUT2D eigenvalue weighted by Gasteiger charge is -2.19. The van der Waals surface area contributed by atoms with E-state index in [2.05, 4.69) is 15.6 Å². The number of carbonyl (C=O) groups is 1. The molecule has 1 rings (SSSR count). The van der Waals surface area contributed by atoms with Crippen molar-refractivity contribution in [1.82, 2.24) is 10.3 Å². The Morgan fingerprint density at radius 2 is 1.86 bits per heavy atom. The number of carbonyl (C=O) groups excluding carboxylic acids is 1. The molecule has 0 fully saturated rings. The Balaban J connectivity index is 2.89. The topological polar surface area (TPSA) is 54.0 Å². The Hall–Kier alpha value is -1.79. The van der Waals surface area contributed by atoms with Crippen LogP contribution < -0.4 is 10.6 Å². The maximum absolute atomic E-state index is 12.1. The standard InChI is InChI=1S/C14H20F3N3O/c1-13(2,3)10-7-9(8-11(18-4)20-10)12(21)19-6-5-14(15,16)17/h7-8H,5-6H2,1-4H3,(H,18,20)(H,19,21). The first-order valence-corrected chi connectivity index (χ1v) is 6.58. The number of anilines is 1. The summed E-state index contributed by atoms with van der Waals surface area (Å²) in [6.45, 7) is 5.39. The molecule has 0 radical (unpaired) electrons. The number of amides is 1. The monoisotopic (exact) mass is 303 g/mol. The van der Waals surface area contributed by atoms with Gasteiger partial charge < -0.3 is 10.6 Å². The van der Waals surface area contributed by atoms with Crippen LogP contribution >= 0.6 is 0 Å². The number of rotatable bonds is 4. The van der Waals surface area contributed by atoms with Crippen molar-refractivity contribution in [3.8, 4) is 0 Å². The van der Waals surface area contributed by atoms with Crippen molar-refractivity contribution < 1.29 is 18.0 Å². The molecule has 1 amide bonds. The van der Waals surface area contributed by atoms with Gasteiger partial charge in [-0.3, -0.25) is 4.79 Å². The van der Waals surface area contributed by atoms with Crippen LogP contribution in [0.4, 0.5) is 19.0 Å². The van der Waals surface area contributed by atoms with Crippen LogP contribution in [-0.4, -0.2) is 30.7 Å². The van der Waals surface area contributed by atoms with Gasteiger partial charge in [0.1, 0.15) is 5.82 Å². The maximum atomic E-state index is 12.1. The molecule has 1 aromatic rings. The number of nitrogens with zero attached hydrogens (tertiary/aromatic N) is 1. The summed E-state index contributed by atoms with van der Waals surface area (Å²) in [5, 5.41) is 5.11. The lowest BCUT2D eigenvalue weighted by molar-refractivity contribution is -0.132. The number of hydrogen-bond donors (Lipinski definition) is 2. The number of alkyl halides is 3. The molecule has 0 aliphatic rings. The minimum atomic E-state index is -4.28. The third-order valence-electron chi connectivity index (χ3n) is 2.81. The van der Waals surface area contributed by atoms with Gasteiger partial charge in [0.05, 0.1) is 6.42 Å². The van der Waals surface area contributed by atoms with Crippen molar-refractivity contribution in [2.75, 3.05) is 18.9 Å². The summed E-state index contributed by atoms with van der Waals surface area (Å²) in [4.78, 5) is 16.3. The average molecular weight is 303 g/mol. The van der Waals surface area contributed by atoms with E-state index >= 15 is 0 Å². The van der Waals surface area contributed by atoms with Gasteiger partial charge in [0, 0.05) is 30.3 Å².